The number of nitrogens with two attached hydrogens (primary N) is 3. The third-order valence-electron chi connectivity index (χ3n) is 7.21. The summed E-state index contributed by atoms with van der Waals surface area (Å²) in [5, 5.41) is 14.4. The summed E-state index contributed by atoms with van der Waals surface area (Å²) in [7, 11) is 0. The summed E-state index contributed by atoms with van der Waals surface area (Å²) in [6.45, 7) is 8.94. The van der Waals surface area contributed by atoms with E-state index in [0.717, 1.165) is 12.8 Å². The number of nitrogens with zero attached hydrogens (tertiary/aromatic N) is 1. The quantitative estimate of drug-likeness (QED) is 0.114. The van der Waals surface area contributed by atoms with Gasteiger partial charge in [-0.2, -0.15) is 0 Å². The first-order valence-corrected chi connectivity index (χ1v) is 13.2. The van der Waals surface area contributed by atoms with Crippen LogP contribution < -0.4 is 22.5 Å². The molecule has 1 saturated carbocycles. The minimum atomic E-state index is -1.36. The Labute approximate surface area is 224 Å². The molecule has 1 aromatic rings. The van der Waals surface area contributed by atoms with Crippen molar-refractivity contribution >= 4 is 23.8 Å². The van der Waals surface area contributed by atoms with E-state index in [1.807, 2.05) is 13.8 Å². The molecule has 2 unspecified atom stereocenters. The van der Waals surface area contributed by atoms with Crippen LogP contribution in [0.25, 0.3) is 0 Å². The Hall–Kier alpha value is -3.18. The second-order valence-corrected chi connectivity index (χ2v) is 10.2. The van der Waals surface area contributed by atoms with E-state index in [4.69, 9.17) is 26.7 Å². The second-order valence-electron chi connectivity index (χ2n) is 10.2. The van der Waals surface area contributed by atoms with Gasteiger partial charge in [-0.25, -0.2) is 4.99 Å². The van der Waals surface area contributed by atoms with E-state index in [2.05, 4.69) is 10.3 Å². The van der Waals surface area contributed by atoms with E-state index in [1.165, 1.54) is 6.92 Å². The minimum Gasteiger partial charge on any atom is -0.420 e. The van der Waals surface area contributed by atoms with Gasteiger partial charge in [0, 0.05) is 24.4 Å². The third-order valence-corrected chi connectivity index (χ3v) is 7.21. The van der Waals surface area contributed by atoms with Gasteiger partial charge < -0.3 is 37.1 Å². The van der Waals surface area contributed by atoms with Crippen LogP contribution in [0, 0.1) is 23.7 Å². The molecule has 38 heavy (non-hydrogen) atoms. The lowest BCUT2D eigenvalue weighted by atomic mass is 9.80. The summed E-state index contributed by atoms with van der Waals surface area (Å²) >= 11 is 0. The number of hydrogen-bond acceptors (Lipinski definition) is 8. The van der Waals surface area contributed by atoms with Crippen molar-refractivity contribution in [3.05, 3.63) is 35.9 Å². The molecule has 1 fully saturated rings. The molecule has 7 atom stereocenters. The summed E-state index contributed by atoms with van der Waals surface area (Å²) < 4.78 is 11.2. The van der Waals surface area contributed by atoms with Gasteiger partial charge in [0.15, 0.2) is 5.96 Å². The van der Waals surface area contributed by atoms with E-state index in [-0.39, 0.29) is 30.1 Å². The molecule has 1 aliphatic rings. The molecule has 11 nitrogen and oxygen atoms in total. The number of esters is 2. The lowest BCUT2D eigenvalue weighted by molar-refractivity contribution is -0.196. The maximum atomic E-state index is 13.5. The summed E-state index contributed by atoms with van der Waals surface area (Å²) in [6, 6.07) is 6.49. The Morgan fingerprint density at radius 3 is 2.21 bits per heavy atom. The van der Waals surface area contributed by atoms with Crippen molar-refractivity contribution < 1.29 is 29.0 Å². The van der Waals surface area contributed by atoms with Gasteiger partial charge >= 0.3 is 11.9 Å². The standard InChI is InChI=1S/C27H43N5O6/c1-6-16(7-2)22(31-15(5)33)20-19(32-27(29)30)13-18(23(20)34)24(35)37-26(17-11-9-8-10-12-17)38-25(36)21(28)14(3)4/h8-12,14,16,18-23,26,34H,6-7,13,28H2,1-5H3,(H,31,33)(H4,29,30,32)/t18-,19?,20+,21+,22-,23+,26?/m0/s1. The van der Waals surface area contributed by atoms with Gasteiger partial charge in [-0.1, -0.05) is 70.9 Å². The van der Waals surface area contributed by atoms with Crippen LogP contribution in [-0.2, 0) is 23.9 Å². The molecule has 1 aromatic carbocycles. The molecular formula is C27H43N5O6. The number of ether oxygens (including phenoxy) is 2. The Morgan fingerprint density at radius 1 is 1.11 bits per heavy atom. The molecule has 212 valence electrons. The highest BCUT2D eigenvalue weighted by molar-refractivity contribution is 5.78. The smallest absolute Gasteiger partial charge is 0.326 e. The predicted octanol–water partition coefficient (Wildman–Crippen LogP) is 1.33. The van der Waals surface area contributed by atoms with Gasteiger partial charge in [0.1, 0.15) is 6.04 Å². The van der Waals surface area contributed by atoms with Crippen LogP contribution >= 0.6 is 0 Å². The maximum absolute atomic E-state index is 13.5. The van der Waals surface area contributed by atoms with Crippen molar-refractivity contribution in [2.75, 3.05) is 0 Å². The first-order chi connectivity index (χ1) is 17.9. The highest BCUT2D eigenvalue weighted by Gasteiger charge is 2.51. The number of nitrogens with one attached hydrogen (secondary N) is 1. The van der Waals surface area contributed by atoms with Crippen molar-refractivity contribution in [3.63, 3.8) is 0 Å². The number of amides is 1. The number of carbonyl (C=O) groups is 3. The van der Waals surface area contributed by atoms with Crippen LogP contribution in [0.4, 0.5) is 0 Å². The third kappa shape index (κ3) is 7.91. The monoisotopic (exact) mass is 533 g/mol. The van der Waals surface area contributed by atoms with Crippen molar-refractivity contribution in [2.45, 2.75) is 84.4 Å². The maximum Gasteiger partial charge on any atom is 0.326 e. The average molecular weight is 534 g/mol. The number of guanidine groups is 1. The van der Waals surface area contributed by atoms with E-state index in [9.17, 15) is 19.5 Å². The number of aliphatic imine (C=N–C) groups is 1. The van der Waals surface area contributed by atoms with Gasteiger partial charge in [0.2, 0.25) is 5.91 Å². The van der Waals surface area contributed by atoms with E-state index >= 15 is 0 Å². The highest BCUT2D eigenvalue weighted by atomic mass is 16.7. The van der Waals surface area contributed by atoms with Gasteiger partial charge in [-0.05, 0) is 18.3 Å². The van der Waals surface area contributed by atoms with Crippen LogP contribution in [-0.4, -0.2) is 53.1 Å². The van der Waals surface area contributed by atoms with Crippen LogP contribution in [0.1, 0.15) is 65.7 Å². The SMILES string of the molecule is CCC(CC)[C@H](NC(C)=O)[C@H]1C(N=C(N)N)C[C@H](C(=O)OC(OC(=O)[C@H](N)C(C)C)c2ccccc2)[C@H]1O. The fraction of sp³-hybridized carbons (Fsp3) is 0.630. The summed E-state index contributed by atoms with van der Waals surface area (Å²) in [4.78, 5) is 42.4. The van der Waals surface area contributed by atoms with Gasteiger partial charge in [0.05, 0.1) is 18.1 Å². The molecule has 0 aliphatic heterocycles. The number of rotatable bonds is 12. The first-order valence-electron chi connectivity index (χ1n) is 13.2. The molecule has 0 saturated heterocycles. The fourth-order valence-electron chi connectivity index (χ4n) is 5.05. The van der Waals surface area contributed by atoms with Gasteiger partial charge in [0.25, 0.3) is 6.29 Å². The predicted molar refractivity (Wildman–Crippen MR) is 143 cm³/mol. The van der Waals surface area contributed by atoms with Crippen molar-refractivity contribution in [3.8, 4) is 0 Å². The summed E-state index contributed by atoms with van der Waals surface area (Å²) in [5.41, 5.74) is 17.7. The van der Waals surface area contributed by atoms with E-state index < -0.39 is 54.3 Å². The fourth-order valence-corrected chi connectivity index (χ4v) is 5.05. The number of benzene rings is 1. The normalized spacial score (nSPS) is 23.4. The van der Waals surface area contributed by atoms with Crippen LogP contribution in [0.15, 0.2) is 35.3 Å². The van der Waals surface area contributed by atoms with E-state index in [0.29, 0.717) is 5.56 Å². The van der Waals surface area contributed by atoms with Crippen LogP contribution in [0.5, 0.6) is 0 Å². The molecule has 0 spiro atoms. The Bertz CT molecular complexity index is 964. The lowest BCUT2D eigenvalue weighted by Gasteiger charge is -2.35. The molecule has 8 N–H and O–H groups in total. The molecule has 0 radical (unpaired) electrons. The summed E-state index contributed by atoms with van der Waals surface area (Å²) in [6.07, 6.45) is -1.04. The largest absolute Gasteiger partial charge is 0.420 e. The number of aliphatic hydroxyl groups is 1. The van der Waals surface area contributed by atoms with Crippen molar-refractivity contribution in [1.82, 2.24) is 5.32 Å². The van der Waals surface area contributed by atoms with Gasteiger partial charge in [-0.15, -0.1) is 0 Å². The average Bonchev–Trinajstić information content (AvgIpc) is 3.18. The molecule has 2 rings (SSSR count). The Morgan fingerprint density at radius 2 is 1.71 bits per heavy atom. The van der Waals surface area contributed by atoms with Gasteiger partial charge in [-0.3, -0.25) is 14.4 Å². The topological polar surface area (TPSA) is 192 Å². The minimum absolute atomic E-state index is 0.0144. The molecule has 0 aromatic heterocycles. The number of aliphatic hydroxyl groups excluding tert-OH is 1. The van der Waals surface area contributed by atoms with Crippen molar-refractivity contribution in [1.29, 1.82) is 0 Å². The zero-order valence-electron chi connectivity index (χ0n) is 22.9. The zero-order valence-corrected chi connectivity index (χ0v) is 22.9. The molecular weight excluding hydrogens is 490 g/mol. The zero-order chi connectivity index (χ0) is 28.6. The van der Waals surface area contributed by atoms with Crippen molar-refractivity contribution in [2.24, 2.45) is 45.9 Å². The van der Waals surface area contributed by atoms with E-state index in [1.54, 1.807) is 44.2 Å². The lowest BCUT2D eigenvalue weighted by Crippen LogP contribution is -2.51. The first kappa shape index (κ1) is 31.0. The molecule has 1 amide bonds. The van der Waals surface area contributed by atoms with Crippen LogP contribution in [0.3, 0.4) is 0 Å². The Kier molecular flexibility index (Phi) is 11.5. The second kappa shape index (κ2) is 14.1. The highest BCUT2D eigenvalue weighted by Crippen LogP contribution is 2.40. The van der Waals surface area contributed by atoms with Crippen LogP contribution in [0.2, 0.25) is 0 Å². The number of carbonyl (C=O) groups excluding carboxylic acids is 3. The number of hydrogen-bond donors (Lipinski definition) is 5. The molecule has 0 bridgehead atoms. The molecule has 11 heteroatoms. The Balaban J connectivity index is 2.38. The summed E-state index contributed by atoms with van der Waals surface area (Å²) in [5.74, 6) is -3.79. The molecule has 0 heterocycles. The molecule has 1 aliphatic carbocycles.